The van der Waals surface area contributed by atoms with E-state index in [0.29, 0.717) is 27.3 Å². The third-order valence-electron chi connectivity index (χ3n) is 4.31. The number of benzene rings is 2. The lowest BCUT2D eigenvalue weighted by Crippen LogP contribution is -2.10. The Morgan fingerprint density at radius 2 is 1.74 bits per heavy atom. The Bertz CT molecular complexity index is 1210. The molecule has 0 saturated heterocycles. The smallest absolute Gasteiger partial charge is 0.252 e. The van der Waals surface area contributed by atoms with Crippen LogP contribution in [0.5, 0.6) is 0 Å². The van der Waals surface area contributed by atoms with E-state index in [1.54, 1.807) is 43.5 Å². The van der Waals surface area contributed by atoms with Crippen molar-refractivity contribution < 1.29 is 8.63 Å². The maximum absolute atomic E-state index is 12.5. The minimum atomic E-state index is -1.05. The van der Waals surface area contributed by atoms with E-state index < -0.39 is 10.8 Å². The van der Waals surface area contributed by atoms with Gasteiger partial charge in [-0.1, -0.05) is 37.6 Å². The van der Waals surface area contributed by atoms with Crippen molar-refractivity contribution in [3.8, 4) is 11.1 Å². The monoisotopic (exact) mass is 401 g/mol. The van der Waals surface area contributed by atoms with E-state index in [2.05, 4.69) is 4.98 Å². The Balaban J connectivity index is 0.00000102. The molecule has 6 heteroatoms. The summed E-state index contributed by atoms with van der Waals surface area (Å²) in [6.07, 6.45) is 1.63. The summed E-state index contributed by atoms with van der Waals surface area (Å²) in [4.78, 5) is 16.1. The summed E-state index contributed by atoms with van der Waals surface area (Å²) in [5.74, 6) is 0. The van der Waals surface area contributed by atoms with Gasteiger partial charge in [-0.2, -0.15) is 0 Å². The fourth-order valence-electron chi connectivity index (χ4n) is 3.02. The highest BCUT2D eigenvalue weighted by Crippen LogP contribution is 2.36. The Kier molecular flexibility index (Phi) is 5.53. The molecule has 0 saturated carbocycles. The molecule has 1 atom stereocenters. The van der Waals surface area contributed by atoms with Crippen LogP contribution in [0.4, 0.5) is 0 Å². The van der Waals surface area contributed by atoms with Crippen molar-refractivity contribution in [3.63, 3.8) is 0 Å². The van der Waals surface area contributed by atoms with Gasteiger partial charge in [0.25, 0.3) is 5.56 Å². The van der Waals surface area contributed by atoms with Crippen LogP contribution in [-0.2, 0) is 10.8 Å². The molecule has 2 aromatic heterocycles. The number of H-pyrrole nitrogens is 1. The Hall–Kier alpha value is -2.37. The average Bonchev–Trinajstić information content (AvgIpc) is 3.01. The van der Waals surface area contributed by atoms with Crippen LogP contribution in [0, 0.1) is 6.92 Å². The summed E-state index contributed by atoms with van der Waals surface area (Å²) in [5.41, 5.74) is 3.88. The topological polar surface area (TPSA) is 63.1 Å². The molecule has 0 bridgehead atoms. The van der Waals surface area contributed by atoms with E-state index in [4.69, 9.17) is 16.0 Å². The molecular weight excluding hydrogens is 382 g/mol. The van der Waals surface area contributed by atoms with Crippen LogP contribution in [0.3, 0.4) is 0 Å². The number of hydrogen-bond donors (Lipinski definition) is 1. The number of hydrogen-bond acceptors (Lipinski definition) is 3. The normalized spacial score (nSPS) is 12.0. The van der Waals surface area contributed by atoms with E-state index in [1.165, 1.54) is 0 Å². The number of rotatable bonds is 2. The molecule has 2 aromatic carbocycles. The van der Waals surface area contributed by atoms with Crippen molar-refractivity contribution in [1.82, 2.24) is 4.98 Å². The summed E-state index contributed by atoms with van der Waals surface area (Å²) in [5, 5.41) is 1.35. The van der Waals surface area contributed by atoms with E-state index in [-0.39, 0.29) is 5.56 Å². The summed E-state index contributed by atoms with van der Waals surface area (Å²) in [6.45, 7) is 5.76. The Labute approximate surface area is 164 Å². The molecule has 0 aliphatic heterocycles. The minimum absolute atomic E-state index is 0.173. The van der Waals surface area contributed by atoms with Gasteiger partial charge >= 0.3 is 0 Å². The molecule has 0 spiro atoms. The summed E-state index contributed by atoms with van der Waals surface area (Å²) in [7, 11) is -1.05. The zero-order valence-electron chi connectivity index (χ0n) is 15.6. The van der Waals surface area contributed by atoms with Crippen LogP contribution in [0.25, 0.3) is 33.2 Å². The molecule has 0 amide bonds. The van der Waals surface area contributed by atoms with Crippen LogP contribution >= 0.6 is 11.6 Å². The molecule has 27 heavy (non-hydrogen) atoms. The predicted octanol–water partition coefficient (Wildman–Crippen LogP) is 5.67. The number of pyridine rings is 1. The van der Waals surface area contributed by atoms with Crippen LogP contribution in [0.1, 0.15) is 19.4 Å². The average molecular weight is 402 g/mol. The standard InChI is InChI=1S/C19H14ClNO3S.C2H6/c1-10-16(11-3-6-13(7-4-11)25(2)23)18-17(21-19(10)22)14-9-12(20)5-8-15(14)24-18;1-2/h3-9H,1-2H3,(H,21,22);1-2H3. The van der Waals surface area contributed by atoms with E-state index in [0.717, 1.165) is 21.4 Å². The van der Waals surface area contributed by atoms with Crippen LogP contribution in [0.15, 0.2) is 56.6 Å². The predicted molar refractivity (Wildman–Crippen MR) is 113 cm³/mol. The lowest BCUT2D eigenvalue weighted by atomic mass is 10.0. The van der Waals surface area contributed by atoms with Gasteiger partial charge in [-0.15, -0.1) is 0 Å². The molecule has 140 valence electrons. The Morgan fingerprint density at radius 3 is 2.37 bits per heavy atom. The van der Waals surface area contributed by atoms with Crippen molar-refractivity contribution in [1.29, 1.82) is 0 Å². The van der Waals surface area contributed by atoms with Gasteiger partial charge in [-0.05, 0) is 42.8 Å². The Morgan fingerprint density at radius 1 is 1.07 bits per heavy atom. The van der Waals surface area contributed by atoms with Crippen molar-refractivity contribution in [2.24, 2.45) is 0 Å². The lowest BCUT2D eigenvalue weighted by molar-refractivity contribution is 0.668. The van der Waals surface area contributed by atoms with Crippen molar-refractivity contribution in [2.45, 2.75) is 25.7 Å². The molecule has 0 aliphatic carbocycles. The fraction of sp³-hybridized carbons (Fsp3) is 0.190. The molecule has 0 fully saturated rings. The molecule has 4 aromatic rings. The molecule has 4 rings (SSSR count). The first-order valence-electron chi connectivity index (χ1n) is 8.64. The van der Waals surface area contributed by atoms with Gasteiger partial charge in [0, 0.05) is 43.5 Å². The van der Waals surface area contributed by atoms with E-state index in [9.17, 15) is 9.00 Å². The lowest BCUT2D eigenvalue weighted by Gasteiger charge is -2.07. The molecule has 1 unspecified atom stereocenters. The fourth-order valence-corrected chi connectivity index (χ4v) is 3.71. The molecule has 2 heterocycles. The first-order chi connectivity index (χ1) is 13.0. The summed E-state index contributed by atoms with van der Waals surface area (Å²) >= 11 is 6.09. The van der Waals surface area contributed by atoms with Gasteiger partial charge in [-0.25, -0.2) is 0 Å². The number of fused-ring (bicyclic) bond motifs is 3. The van der Waals surface area contributed by atoms with E-state index in [1.807, 2.05) is 26.0 Å². The van der Waals surface area contributed by atoms with Gasteiger partial charge in [0.2, 0.25) is 0 Å². The quantitative estimate of drug-likeness (QED) is 0.470. The van der Waals surface area contributed by atoms with Crippen LogP contribution in [-0.4, -0.2) is 15.4 Å². The highest BCUT2D eigenvalue weighted by atomic mass is 35.5. The van der Waals surface area contributed by atoms with Gasteiger partial charge in [0.05, 0.1) is 5.52 Å². The molecule has 0 aliphatic rings. The van der Waals surface area contributed by atoms with Gasteiger partial charge in [0.1, 0.15) is 5.58 Å². The zero-order valence-corrected chi connectivity index (χ0v) is 17.1. The van der Waals surface area contributed by atoms with Crippen molar-refractivity contribution >= 4 is 44.5 Å². The van der Waals surface area contributed by atoms with Crippen molar-refractivity contribution in [2.75, 3.05) is 6.26 Å². The maximum Gasteiger partial charge on any atom is 0.252 e. The van der Waals surface area contributed by atoms with Gasteiger partial charge in [-0.3, -0.25) is 9.00 Å². The number of halogens is 1. The second kappa shape index (κ2) is 7.71. The minimum Gasteiger partial charge on any atom is -0.454 e. The highest BCUT2D eigenvalue weighted by Gasteiger charge is 2.18. The molecule has 0 radical (unpaired) electrons. The number of aromatic nitrogens is 1. The molecule has 1 N–H and O–H groups in total. The number of aromatic amines is 1. The number of nitrogens with one attached hydrogen (secondary N) is 1. The SMILES string of the molecule is CC.Cc1c(-c2ccc(S(C)=O)cc2)c2oc3ccc(Cl)cc3c2[nH]c1=O. The van der Waals surface area contributed by atoms with Crippen LogP contribution in [0.2, 0.25) is 5.02 Å². The summed E-state index contributed by atoms with van der Waals surface area (Å²) < 4.78 is 17.6. The molecule has 4 nitrogen and oxygen atoms in total. The summed E-state index contributed by atoms with van der Waals surface area (Å²) in [6, 6.07) is 12.6. The largest absolute Gasteiger partial charge is 0.454 e. The molecular formula is C21H20ClNO3S. The third-order valence-corrected chi connectivity index (χ3v) is 5.48. The first kappa shape index (κ1) is 19.4. The first-order valence-corrected chi connectivity index (χ1v) is 10.6. The zero-order chi connectivity index (χ0) is 19.7. The van der Waals surface area contributed by atoms with Crippen LogP contribution < -0.4 is 5.56 Å². The second-order valence-corrected chi connectivity index (χ2v) is 7.70. The third kappa shape index (κ3) is 3.45. The van der Waals surface area contributed by atoms with Gasteiger partial charge < -0.3 is 9.40 Å². The maximum atomic E-state index is 12.5. The van der Waals surface area contributed by atoms with Crippen molar-refractivity contribution in [3.05, 3.63) is 63.4 Å². The highest BCUT2D eigenvalue weighted by molar-refractivity contribution is 7.84. The van der Waals surface area contributed by atoms with E-state index >= 15 is 0 Å². The van der Waals surface area contributed by atoms with Gasteiger partial charge in [0.15, 0.2) is 5.58 Å². The number of furan rings is 1. The second-order valence-electron chi connectivity index (χ2n) is 5.88.